The zero-order chi connectivity index (χ0) is 21.6. The molecule has 2 aromatic carbocycles. The number of hydrogen-bond donors (Lipinski definition) is 0. The molecule has 1 amide bonds. The van der Waals surface area contributed by atoms with E-state index >= 15 is 0 Å². The summed E-state index contributed by atoms with van der Waals surface area (Å²) in [6.07, 6.45) is 0.464. The lowest BCUT2D eigenvalue weighted by Crippen LogP contribution is -2.43. The summed E-state index contributed by atoms with van der Waals surface area (Å²) in [5.74, 6) is 0.838. The van der Waals surface area contributed by atoms with Crippen molar-refractivity contribution in [1.29, 1.82) is 0 Å². The number of morpholine rings is 1. The van der Waals surface area contributed by atoms with E-state index in [1.807, 2.05) is 35.2 Å². The third-order valence-electron chi connectivity index (χ3n) is 5.28. The fourth-order valence-electron chi connectivity index (χ4n) is 3.51. The summed E-state index contributed by atoms with van der Waals surface area (Å²) in [7, 11) is 0. The van der Waals surface area contributed by atoms with Crippen LogP contribution >= 0.6 is 34.7 Å². The molecule has 1 aromatic heterocycles. The van der Waals surface area contributed by atoms with Gasteiger partial charge in [-0.3, -0.25) is 14.6 Å². The Labute approximate surface area is 196 Å². The predicted molar refractivity (Wildman–Crippen MR) is 131 cm³/mol. The first-order valence-electron chi connectivity index (χ1n) is 10.4. The highest BCUT2D eigenvalue weighted by Gasteiger charge is 2.21. The molecule has 0 bridgehead atoms. The maximum Gasteiger partial charge on any atom is 0.229 e. The fourth-order valence-corrected chi connectivity index (χ4v) is 5.56. The molecule has 1 saturated heterocycles. The van der Waals surface area contributed by atoms with E-state index in [1.165, 1.54) is 0 Å². The second-order valence-electron chi connectivity index (χ2n) is 7.47. The maximum atomic E-state index is 13.2. The molecule has 3 aromatic rings. The highest BCUT2D eigenvalue weighted by atomic mass is 35.5. The van der Waals surface area contributed by atoms with Gasteiger partial charge in [-0.2, -0.15) is 0 Å². The summed E-state index contributed by atoms with van der Waals surface area (Å²) in [6, 6.07) is 13.9. The van der Waals surface area contributed by atoms with Gasteiger partial charge >= 0.3 is 0 Å². The Morgan fingerprint density at radius 3 is 2.74 bits per heavy atom. The second-order valence-corrected chi connectivity index (χ2v) is 10.1. The summed E-state index contributed by atoms with van der Waals surface area (Å²) >= 11 is 9.23. The molecule has 0 N–H and O–H groups in total. The standard InChI is InChI=1S/C23H26ClN3O2S2/c1-17-3-2-4-20-22(17)25-23(31-20)27(11-10-26-12-14-29-15-13-26)21(28)9-16-30-19-7-5-18(24)6-8-19/h2-8H,9-16H2,1H3. The molecule has 1 aliphatic heterocycles. The van der Waals surface area contributed by atoms with Crippen LogP contribution in [0.5, 0.6) is 0 Å². The zero-order valence-corrected chi connectivity index (χ0v) is 19.9. The number of carbonyl (C=O) groups is 1. The van der Waals surface area contributed by atoms with Crippen molar-refractivity contribution in [3.8, 4) is 0 Å². The average molecular weight is 476 g/mol. The fraction of sp³-hybridized carbons (Fsp3) is 0.391. The van der Waals surface area contributed by atoms with Crippen molar-refractivity contribution in [2.45, 2.75) is 18.2 Å². The van der Waals surface area contributed by atoms with Gasteiger partial charge in [0.1, 0.15) is 0 Å². The number of aryl methyl sites for hydroxylation is 1. The summed E-state index contributed by atoms with van der Waals surface area (Å²) in [4.78, 5) is 23.4. The van der Waals surface area contributed by atoms with E-state index in [-0.39, 0.29) is 5.91 Å². The van der Waals surface area contributed by atoms with Gasteiger partial charge in [0, 0.05) is 48.3 Å². The van der Waals surface area contributed by atoms with Crippen LogP contribution in [-0.4, -0.2) is 60.9 Å². The van der Waals surface area contributed by atoms with Gasteiger partial charge in [0.05, 0.1) is 23.4 Å². The Hall–Kier alpha value is -1.64. The predicted octanol–water partition coefficient (Wildman–Crippen LogP) is 5.11. The van der Waals surface area contributed by atoms with Crippen molar-refractivity contribution >= 4 is 56.0 Å². The number of nitrogens with zero attached hydrogens (tertiary/aromatic N) is 3. The van der Waals surface area contributed by atoms with Crippen LogP contribution in [0.15, 0.2) is 47.4 Å². The van der Waals surface area contributed by atoms with E-state index in [2.05, 4.69) is 24.0 Å². The minimum atomic E-state index is 0.117. The van der Waals surface area contributed by atoms with Gasteiger partial charge in [0.15, 0.2) is 5.13 Å². The molecule has 5 nitrogen and oxygen atoms in total. The largest absolute Gasteiger partial charge is 0.379 e. The van der Waals surface area contributed by atoms with Crippen LogP contribution in [0.25, 0.3) is 10.2 Å². The monoisotopic (exact) mass is 475 g/mol. The van der Waals surface area contributed by atoms with Crippen LogP contribution < -0.4 is 4.90 Å². The molecule has 8 heteroatoms. The molecule has 4 rings (SSSR count). The number of thiazole rings is 1. The number of carbonyl (C=O) groups excluding carboxylic acids is 1. The number of anilines is 1. The molecule has 0 aliphatic carbocycles. The third kappa shape index (κ3) is 5.99. The van der Waals surface area contributed by atoms with Gasteiger partial charge in [-0.25, -0.2) is 4.98 Å². The molecular weight excluding hydrogens is 450 g/mol. The SMILES string of the molecule is Cc1cccc2sc(N(CCN3CCOCC3)C(=O)CCSc3ccc(Cl)cc3)nc12. The summed E-state index contributed by atoms with van der Waals surface area (Å²) < 4.78 is 6.57. The second kappa shape index (κ2) is 10.8. The summed E-state index contributed by atoms with van der Waals surface area (Å²) in [6.45, 7) is 6.87. The van der Waals surface area contributed by atoms with Gasteiger partial charge in [-0.15, -0.1) is 11.8 Å². The number of thioether (sulfide) groups is 1. The van der Waals surface area contributed by atoms with Crippen molar-refractivity contribution in [1.82, 2.24) is 9.88 Å². The molecule has 1 aliphatic rings. The van der Waals surface area contributed by atoms with E-state index in [0.29, 0.717) is 13.0 Å². The molecule has 0 unspecified atom stereocenters. The minimum absolute atomic E-state index is 0.117. The van der Waals surface area contributed by atoms with Crippen molar-refractivity contribution in [2.24, 2.45) is 0 Å². The molecule has 0 saturated carbocycles. The van der Waals surface area contributed by atoms with Gasteiger partial charge in [0.25, 0.3) is 0 Å². The quantitative estimate of drug-likeness (QED) is 0.424. The number of hydrogen-bond acceptors (Lipinski definition) is 6. The number of aromatic nitrogens is 1. The van der Waals surface area contributed by atoms with E-state index in [4.69, 9.17) is 21.3 Å². The first-order valence-corrected chi connectivity index (χ1v) is 12.6. The smallest absolute Gasteiger partial charge is 0.229 e. The number of benzene rings is 2. The van der Waals surface area contributed by atoms with E-state index in [9.17, 15) is 4.79 Å². The normalized spacial score (nSPS) is 14.8. The van der Waals surface area contributed by atoms with Gasteiger partial charge in [-0.1, -0.05) is 35.1 Å². The van der Waals surface area contributed by atoms with Crippen LogP contribution in [0.3, 0.4) is 0 Å². The number of rotatable bonds is 8. The number of para-hydroxylation sites is 1. The number of fused-ring (bicyclic) bond motifs is 1. The Morgan fingerprint density at radius 1 is 1.23 bits per heavy atom. The maximum absolute atomic E-state index is 13.2. The lowest BCUT2D eigenvalue weighted by Gasteiger charge is -2.29. The van der Waals surface area contributed by atoms with Gasteiger partial charge < -0.3 is 4.74 Å². The van der Waals surface area contributed by atoms with Crippen LogP contribution in [0.2, 0.25) is 5.02 Å². The Morgan fingerprint density at radius 2 is 2.00 bits per heavy atom. The first-order chi connectivity index (χ1) is 15.1. The summed E-state index contributed by atoms with van der Waals surface area (Å²) in [5.41, 5.74) is 2.13. The van der Waals surface area contributed by atoms with Crippen molar-refractivity contribution < 1.29 is 9.53 Å². The van der Waals surface area contributed by atoms with Crippen LogP contribution in [0, 0.1) is 6.92 Å². The van der Waals surface area contributed by atoms with E-state index < -0.39 is 0 Å². The number of halogens is 1. The highest BCUT2D eigenvalue weighted by molar-refractivity contribution is 7.99. The van der Waals surface area contributed by atoms with Crippen molar-refractivity contribution in [2.75, 3.05) is 50.0 Å². The lowest BCUT2D eigenvalue weighted by molar-refractivity contribution is -0.118. The van der Waals surface area contributed by atoms with Gasteiger partial charge in [-0.05, 0) is 42.8 Å². The zero-order valence-electron chi connectivity index (χ0n) is 17.6. The first kappa shape index (κ1) is 22.6. The Bertz CT molecular complexity index is 1020. The highest BCUT2D eigenvalue weighted by Crippen LogP contribution is 2.31. The Balaban J connectivity index is 1.45. The van der Waals surface area contributed by atoms with E-state index in [0.717, 1.165) is 69.4 Å². The molecular formula is C23H26ClN3O2S2. The molecule has 2 heterocycles. The van der Waals surface area contributed by atoms with Crippen molar-refractivity contribution in [3.05, 3.63) is 53.1 Å². The molecule has 1 fully saturated rings. The number of ether oxygens (including phenoxy) is 1. The molecule has 164 valence electrons. The summed E-state index contributed by atoms with van der Waals surface area (Å²) in [5, 5.41) is 1.51. The van der Waals surface area contributed by atoms with Crippen LogP contribution in [0.4, 0.5) is 5.13 Å². The molecule has 0 atom stereocenters. The lowest BCUT2D eigenvalue weighted by atomic mass is 10.2. The minimum Gasteiger partial charge on any atom is -0.379 e. The van der Waals surface area contributed by atoms with E-state index in [1.54, 1.807) is 23.1 Å². The number of amides is 1. The molecule has 0 radical (unpaired) electrons. The molecule has 31 heavy (non-hydrogen) atoms. The average Bonchev–Trinajstić information content (AvgIpc) is 3.21. The van der Waals surface area contributed by atoms with Crippen LogP contribution in [0.1, 0.15) is 12.0 Å². The van der Waals surface area contributed by atoms with Crippen molar-refractivity contribution in [3.63, 3.8) is 0 Å². The topological polar surface area (TPSA) is 45.7 Å². The Kier molecular flexibility index (Phi) is 7.85. The molecule has 0 spiro atoms. The van der Waals surface area contributed by atoms with Crippen LogP contribution in [-0.2, 0) is 9.53 Å². The third-order valence-corrected chi connectivity index (χ3v) is 7.59. The van der Waals surface area contributed by atoms with Gasteiger partial charge in [0.2, 0.25) is 5.91 Å².